The van der Waals surface area contributed by atoms with Gasteiger partial charge < -0.3 is 4.90 Å². The number of hydrogen-bond acceptors (Lipinski definition) is 2. The van der Waals surface area contributed by atoms with Crippen molar-refractivity contribution in [3.63, 3.8) is 0 Å². The van der Waals surface area contributed by atoms with Crippen LogP contribution in [-0.4, -0.2) is 47.9 Å². The first-order chi connectivity index (χ1) is 7.31. The molecule has 2 fully saturated rings. The SMILES string of the molecule is C=CC(=O)N1CCCC(N2CCCC2)C1. The number of piperidine rings is 1. The topological polar surface area (TPSA) is 23.6 Å². The van der Waals surface area contributed by atoms with Crippen molar-refractivity contribution in [3.8, 4) is 0 Å². The fraction of sp³-hybridized carbons (Fsp3) is 0.750. The summed E-state index contributed by atoms with van der Waals surface area (Å²) in [6.45, 7) is 7.82. The predicted octanol–water partition coefficient (Wildman–Crippen LogP) is 1.26. The third-order valence-electron chi connectivity index (χ3n) is 3.54. The number of carbonyl (C=O) groups excluding carboxylic acids is 1. The molecule has 2 aliphatic rings. The highest BCUT2D eigenvalue weighted by Gasteiger charge is 2.28. The molecule has 3 nitrogen and oxygen atoms in total. The molecule has 1 atom stereocenters. The molecule has 2 rings (SSSR count). The Morgan fingerprint density at radius 3 is 2.60 bits per heavy atom. The second-order valence-electron chi connectivity index (χ2n) is 4.53. The minimum Gasteiger partial charge on any atom is -0.338 e. The van der Waals surface area contributed by atoms with Crippen LogP contribution in [0.2, 0.25) is 0 Å². The Labute approximate surface area is 91.7 Å². The lowest BCUT2D eigenvalue weighted by Gasteiger charge is -2.37. The van der Waals surface area contributed by atoms with Crippen molar-refractivity contribution in [3.05, 3.63) is 12.7 Å². The molecular formula is C12H20N2O. The van der Waals surface area contributed by atoms with Crippen molar-refractivity contribution < 1.29 is 4.79 Å². The van der Waals surface area contributed by atoms with Crippen molar-refractivity contribution in [2.45, 2.75) is 31.7 Å². The van der Waals surface area contributed by atoms with E-state index in [2.05, 4.69) is 11.5 Å². The van der Waals surface area contributed by atoms with Crippen LogP contribution in [0, 0.1) is 0 Å². The zero-order chi connectivity index (χ0) is 10.7. The Morgan fingerprint density at radius 1 is 1.20 bits per heavy atom. The van der Waals surface area contributed by atoms with Crippen LogP contribution in [0.15, 0.2) is 12.7 Å². The van der Waals surface area contributed by atoms with Gasteiger partial charge in [0.1, 0.15) is 0 Å². The Balaban J connectivity index is 1.91. The largest absolute Gasteiger partial charge is 0.338 e. The summed E-state index contributed by atoms with van der Waals surface area (Å²) in [6, 6.07) is 0.602. The molecule has 1 amide bonds. The van der Waals surface area contributed by atoms with Gasteiger partial charge in [-0.05, 0) is 44.8 Å². The maximum atomic E-state index is 11.5. The van der Waals surface area contributed by atoms with Crippen LogP contribution in [-0.2, 0) is 4.79 Å². The van der Waals surface area contributed by atoms with Gasteiger partial charge in [0.2, 0.25) is 5.91 Å². The van der Waals surface area contributed by atoms with Gasteiger partial charge in [0.15, 0.2) is 0 Å². The molecule has 0 aromatic rings. The molecule has 0 radical (unpaired) electrons. The highest BCUT2D eigenvalue weighted by molar-refractivity contribution is 5.87. The summed E-state index contributed by atoms with van der Waals surface area (Å²) in [5.74, 6) is 0.0962. The van der Waals surface area contributed by atoms with Crippen molar-refractivity contribution in [1.82, 2.24) is 9.80 Å². The number of carbonyl (C=O) groups is 1. The van der Waals surface area contributed by atoms with E-state index in [0.717, 1.165) is 19.5 Å². The number of likely N-dealkylation sites (tertiary alicyclic amines) is 2. The molecule has 0 bridgehead atoms. The van der Waals surface area contributed by atoms with E-state index in [-0.39, 0.29) is 5.91 Å². The molecule has 84 valence electrons. The van der Waals surface area contributed by atoms with Gasteiger partial charge in [-0.15, -0.1) is 0 Å². The van der Waals surface area contributed by atoms with Gasteiger partial charge in [-0.3, -0.25) is 9.69 Å². The average Bonchev–Trinajstić information content (AvgIpc) is 2.82. The highest BCUT2D eigenvalue weighted by atomic mass is 16.2. The highest BCUT2D eigenvalue weighted by Crippen LogP contribution is 2.20. The summed E-state index contributed by atoms with van der Waals surface area (Å²) in [4.78, 5) is 16.0. The predicted molar refractivity (Wildman–Crippen MR) is 60.6 cm³/mol. The van der Waals surface area contributed by atoms with Crippen LogP contribution in [0.5, 0.6) is 0 Å². The van der Waals surface area contributed by atoms with E-state index in [1.165, 1.54) is 38.4 Å². The number of nitrogens with zero attached hydrogens (tertiary/aromatic N) is 2. The summed E-state index contributed by atoms with van der Waals surface area (Å²) in [6.07, 6.45) is 6.48. The Hall–Kier alpha value is -0.830. The van der Waals surface area contributed by atoms with Crippen molar-refractivity contribution >= 4 is 5.91 Å². The Bertz CT molecular complexity index is 246. The quantitative estimate of drug-likeness (QED) is 0.638. The lowest BCUT2D eigenvalue weighted by Crippen LogP contribution is -2.48. The molecule has 0 aliphatic carbocycles. The summed E-state index contributed by atoms with van der Waals surface area (Å²) < 4.78 is 0. The van der Waals surface area contributed by atoms with E-state index in [1.54, 1.807) is 0 Å². The second-order valence-corrected chi connectivity index (χ2v) is 4.53. The normalized spacial score (nSPS) is 28.0. The Kier molecular flexibility index (Phi) is 3.41. The van der Waals surface area contributed by atoms with Crippen LogP contribution in [0.3, 0.4) is 0 Å². The second kappa shape index (κ2) is 4.79. The van der Waals surface area contributed by atoms with E-state index in [0.29, 0.717) is 6.04 Å². The van der Waals surface area contributed by atoms with Crippen LogP contribution in [0.4, 0.5) is 0 Å². The van der Waals surface area contributed by atoms with E-state index < -0.39 is 0 Å². The van der Waals surface area contributed by atoms with Gasteiger partial charge in [0, 0.05) is 19.1 Å². The third-order valence-corrected chi connectivity index (χ3v) is 3.54. The van der Waals surface area contributed by atoms with Gasteiger partial charge in [-0.2, -0.15) is 0 Å². The first-order valence-corrected chi connectivity index (χ1v) is 5.96. The minimum atomic E-state index is 0.0962. The van der Waals surface area contributed by atoms with E-state index >= 15 is 0 Å². The van der Waals surface area contributed by atoms with Crippen molar-refractivity contribution in [1.29, 1.82) is 0 Å². The van der Waals surface area contributed by atoms with Gasteiger partial charge >= 0.3 is 0 Å². The van der Waals surface area contributed by atoms with Crippen LogP contribution in [0.25, 0.3) is 0 Å². The summed E-state index contributed by atoms with van der Waals surface area (Å²) in [5.41, 5.74) is 0. The molecule has 2 aliphatic heterocycles. The van der Waals surface area contributed by atoms with E-state index in [4.69, 9.17) is 0 Å². The fourth-order valence-corrected chi connectivity index (χ4v) is 2.69. The summed E-state index contributed by atoms with van der Waals surface area (Å²) in [5, 5.41) is 0. The zero-order valence-electron chi connectivity index (χ0n) is 9.32. The van der Waals surface area contributed by atoms with Crippen molar-refractivity contribution in [2.75, 3.05) is 26.2 Å². The maximum Gasteiger partial charge on any atom is 0.246 e. The number of amides is 1. The third kappa shape index (κ3) is 2.40. The standard InChI is InChI=1S/C12H20N2O/c1-2-12(15)14-9-5-6-11(10-14)13-7-3-4-8-13/h2,11H,1,3-10H2. The molecular weight excluding hydrogens is 188 g/mol. The molecule has 2 saturated heterocycles. The molecule has 0 N–H and O–H groups in total. The monoisotopic (exact) mass is 208 g/mol. The lowest BCUT2D eigenvalue weighted by molar-refractivity contribution is -0.128. The van der Waals surface area contributed by atoms with Gasteiger partial charge in [-0.1, -0.05) is 6.58 Å². The summed E-state index contributed by atoms with van der Waals surface area (Å²) in [7, 11) is 0. The zero-order valence-corrected chi connectivity index (χ0v) is 9.32. The number of hydrogen-bond donors (Lipinski definition) is 0. The molecule has 0 spiro atoms. The van der Waals surface area contributed by atoms with Crippen LogP contribution >= 0.6 is 0 Å². The molecule has 15 heavy (non-hydrogen) atoms. The first-order valence-electron chi connectivity index (χ1n) is 5.96. The average molecular weight is 208 g/mol. The Morgan fingerprint density at radius 2 is 1.93 bits per heavy atom. The molecule has 0 aromatic carbocycles. The van der Waals surface area contributed by atoms with Crippen molar-refractivity contribution in [2.24, 2.45) is 0 Å². The minimum absolute atomic E-state index is 0.0962. The van der Waals surface area contributed by atoms with E-state index in [1.807, 2.05) is 4.90 Å². The smallest absolute Gasteiger partial charge is 0.246 e. The lowest BCUT2D eigenvalue weighted by atomic mass is 10.0. The first kappa shape index (κ1) is 10.7. The van der Waals surface area contributed by atoms with Gasteiger partial charge in [0.25, 0.3) is 0 Å². The summed E-state index contributed by atoms with van der Waals surface area (Å²) >= 11 is 0. The van der Waals surface area contributed by atoms with Gasteiger partial charge in [0.05, 0.1) is 0 Å². The molecule has 1 unspecified atom stereocenters. The maximum absolute atomic E-state index is 11.5. The molecule has 0 saturated carbocycles. The number of rotatable bonds is 2. The molecule has 2 heterocycles. The van der Waals surface area contributed by atoms with Gasteiger partial charge in [-0.25, -0.2) is 0 Å². The molecule has 0 aromatic heterocycles. The molecule has 3 heteroatoms. The van der Waals surface area contributed by atoms with E-state index in [9.17, 15) is 4.79 Å². The fourth-order valence-electron chi connectivity index (χ4n) is 2.69. The van der Waals surface area contributed by atoms with Crippen LogP contribution < -0.4 is 0 Å². The van der Waals surface area contributed by atoms with Crippen LogP contribution in [0.1, 0.15) is 25.7 Å².